The number of halogens is 2. The minimum Gasteiger partial charge on any atom is -0.368 e. The van der Waals surface area contributed by atoms with E-state index in [0.717, 1.165) is 0 Å². The fourth-order valence-corrected chi connectivity index (χ4v) is 3.02. The van der Waals surface area contributed by atoms with E-state index < -0.39 is 17.7 Å². The third-order valence-corrected chi connectivity index (χ3v) is 4.49. The molecule has 3 rings (SSSR count). The molecule has 0 aliphatic carbocycles. The van der Waals surface area contributed by atoms with E-state index >= 15 is 0 Å². The van der Waals surface area contributed by atoms with Crippen molar-refractivity contribution in [3.05, 3.63) is 65.0 Å². The van der Waals surface area contributed by atoms with Crippen LogP contribution in [0.3, 0.4) is 0 Å². The van der Waals surface area contributed by atoms with Gasteiger partial charge in [0.05, 0.1) is 25.4 Å². The van der Waals surface area contributed by atoms with Crippen molar-refractivity contribution < 1.29 is 23.1 Å². The van der Waals surface area contributed by atoms with Gasteiger partial charge in [0, 0.05) is 31.1 Å². The number of ether oxygens (including phenoxy) is 1. The van der Waals surface area contributed by atoms with E-state index in [1.54, 1.807) is 23.1 Å². The lowest BCUT2D eigenvalue weighted by Crippen LogP contribution is -2.46. The molecule has 1 atom stereocenters. The average molecular weight is 389 g/mol. The molecule has 0 radical (unpaired) electrons. The Morgan fingerprint density at radius 1 is 1.21 bits per heavy atom. The predicted octanol–water partition coefficient (Wildman–Crippen LogP) is 1.99. The molecule has 1 saturated heterocycles. The first-order chi connectivity index (χ1) is 13.4. The standard InChI is InChI=1S/C20H21F2N3O3/c1-13(26)23-11-20(27)25-8-9-28-19(12-25)18-7-2-4-14(24-18)10-15-16(21)5-3-6-17(15)22/h2-7,19H,8-12H2,1H3,(H,23,26)/t19-/m0/s1. The molecule has 148 valence electrons. The predicted molar refractivity (Wildman–Crippen MR) is 97.4 cm³/mol. The highest BCUT2D eigenvalue weighted by molar-refractivity contribution is 5.83. The van der Waals surface area contributed by atoms with Crippen LogP contribution >= 0.6 is 0 Å². The Kier molecular flexibility index (Phi) is 6.30. The number of aromatic nitrogens is 1. The Balaban J connectivity index is 1.71. The Labute approximate surface area is 161 Å². The molecule has 2 heterocycles. The average Bonchev–Trinajstić information content (AvgIpc) is 2.69. The molecule has 0 saturated carbocycles. The van der Waals surface area contributed by atoms with Crippen LogP contribution in [0.4, 0.5) is 8.78 Å². The van der Waals surface area contributed by atoms with Gasteiger partial charge in [-0.15, -0.1) is 0 Å². The first kappa shape index (κ1) is 19.9. The lowest BCUT2D eigenvalue weighted by Gasteiger charge is -2.32. The van der Waals surface area contributed by atoms with Crippen LogP contribution in [0.1, 0.15) is 30.0 Å². The van der Waals surface area contributed by atoms with Crippen molar-refractivity contribution in [2.45, 2.75) is 19.4 Å². The van der Waals surface area contributed by atoms with E-state index in [0.29, 0.717) is 31.1 Å². The van der Waals surface area contributed by atoms with Crippen LogP contribution < -0.4 is 5.32 Å². The molecular formula is C20H21F2N3O3. The third-order valence-electron chi connectivity index (χ3n) is 4.49. The van der Waals surface area contributed by atoms with Crippen LogP contribution in [0, 0.1) is 11.6 Å². The normalized spacial score (nSPS) is 16.7. The van der Waals surface area contributed by atoms with Gasteiger partial charge in [0.15, 0.2) is 0 Å². The van der Waals surface area contributed by atoms with Gasteiger partial charge in [0.25, 0.3) is 0 Å². The second-order valence-electron chi connectivity index (χ2n) is 6.54. The zero-order valence-corrected chi connectivity index (χ0v) is 15.5. The summed E-state index contributed by atoms with van der Waals surface area (Å²) in [6.07, 6.45) is -0.426. The van der Waals surface area contributed by atoms with Crippen molar-refractivity contribution >= 4 is 11.8 Å². The molecule has 1 aromatic carbocycles. The van der Waals surface area contributed by atoms with Crippen molar-refractivity contribution in [1.29, 1.82) is 0 Å². The van der Waals surface area contributed by atoms with Gasteiger partial charge in [-0.05, 0) is 24.3 Å². The largest absolute Gasteiger partial charge is 0.368 e. The molecule has 2 aromatic rings. The molecule has 1 aliphatic rings. The van der Waals surface area contributed by atoms with Gasteiger partial charge in [-0.1, -0.05) is 12.1 Å². The molecule has 1 N–H and O–H groups in total. The summed E-state index contributed by atoms with van der Waals surface area (Å²) in [6, 6.07) is 8.94. The summed E-state index contributed by atoms with van der Waals surface area (Å²) in [6.45, 7) is 2.34. The van der Waals surface area contributed by atoms with Crippen LogP contribution in [-0.2, 0) is 20.7 Å². The maximum Gasteiger partial charge on any atom is 0.242 e. The number of hydrogen-bond acceptors (Lipinski definition) is 4. The van der Waals surface area contributed by atoms with Crippen molar-refractivity contribution in [3.63, 3.8) is 0 Å². The summed E-state index contributed by atoms with van der Waals surface area (Å²) in [5.74, 6) is -1.70. The van der Waals surface area contributed by atoms with Crippen LogP contribution in [-0.4, -0.2) is 47.9 Å². The lowest BCUT2D eigenvalue weighted by molar-refractivity contribution is -0.139. The maximum absolute atomic E-state index is 13.9. The van der Waals surface area contributed by atoms with Gasteiger partial charge in [0.1, 0.15) is 17.7 Å². The van der Waals surface area contributed by atoms with E-state index in [2.05, 4.69) is 10.3 Å². The van der Waals surface area contributed by atoms with Gasteiger partial charge in [-0.3, -0.25) is 14.6 Å². The molecule has 0 spiro atoms. The summed E-state index contributed by atoms with van der Waals surface area (Å²) >= 11 is 0. The zero-order valence-electron chi connectivity index (χ0n) is 15.5. The monoisotopic (exact) mass is 389 g/mol. The smallest absolute Gasteiger partial charge is 0.242 e. The summed E-state index contributed by atoms with van der Waals surface area (Å²) in [5, 5.41) is 2.49. The molecular weight excluding hydrogens is 368 g/mol. The van der Waals surface area contributed by atoms with Crippen LogP contribution in [0.5, 0.6) is 0 Å². The van der Waals surface area contributed by atoms with Crippen molar-refractivity contribution in [1.82, 2.24) is 15.2 Å². The number of carbonyl (C=O) groups is 2. The summed E-state index contributed by atoms with van der Waals surface area (Å²) in [4.78, 5) is 29.3. The Bertz CT molecular complexity index is 855. The van der Waals surface area contributed by atoms with Gasteiger partial charge in [0.2, 0.25) is 11.8 Å². The molecule has 1 fully saturated rings. The number of nitrogens with one attached hydrogen (secondary N) is 1. The van der Waals surface area contributed by atoms with Gasteiger partial charge in [-0.25, -0.2) is 8.78 Å². The van der Waals surface area contributed by atoms with E-state index in [9.17, 15) is 18.4 Å². The zero-order chi connectivity index (χ0) is 20.1. The van der Waals surface area contributed by atoms with Crippen LogP contribution in [0.15, 0.2) is 36.4 Å². The number of carbonyl (C=O) groups excluding carboxylic acids is 2. The minimum atomic E-state index is -0.615. The van der Waals surface area contributed by atoms with E-state index in [4.69, 9.17) is 4.74 Å². The minimum absolute atomic E-state index is 0.0181. The topological polar surface area (TPSA) is 71.5 Å². The fourth-order valence-electron chi connectivity index (χ4n) is 3.02. The van der Waals surface area contributed by atoms with Crippen LogP contribution in [0.25, 0.3) is 0 Å². The number of rotatable bonds is 5. The second kappa shape index (κ2) is 8.88. The van der Waals surface area contributed by atoms with Crippen molar-refractivity contribution in [2.24, 2.45) is 0 Å². The highest BCUT2D eigenvalue weighted by atomic mass is 19.1. The quantitative estimate of drug-likeness (QED) is 0.849. The fraction of sp³-hybridized carbons (Fsp3) is 0.350. The Hall–Kier alpha value is -2.87. The number of morpholine rings is 1. The lowest BCUT2D eigenvalue weighted by atomic mass is 10.1. The Morgan fingerprint density at radius 2 is 1.93 bits per heavy atom. The number of pyridine rings is 1. The Morgan fingerprint density at radius 3 is 2.64 bits per heavy atom. The molecule has 1 aliphatic heterocycles. The van der Waals surface area contributed by atoms with Crippen LogP contribution in [0.2, 0.25) is 0 Å². The maximum atomic E-state index is 13.9. The third kappa shape index (κ3) is 4.89. The molecule has 1 aromatic heterocycles. The molecule has 6 nitrogen and oxygen atoms in total. The van der Waals surface area contributed by atoms with E-state index in [1.165, 1.54) is 25.1 Å². The molecule has 8 heteroatoms. The van der Waals surface area contributed by atoms with Gasteiger partial charge < -0.3 is 15.0 Å². The van der Waals surface area contributed by atoms with Crippen molar-refractivity contribution in [3.8, 4) is 0 Å². The molecule has 28 heavy (non-hydrogen) atoms. The summed E-state index contributed by atoms with van der Waals surface area (Å²) in [5.41, 5.74) is 1.06. The first-order valence-electron chi connectivity index (χ1n) is 8.96. The number of hydrogen-bond donors (Lipinski definition) is 1. The van der Waals surface area contributed by atoms with Gasteiger partial charge in [-0.2, -0.15) is 0 Å². The molecule has 2 amide bonds. The first-order valence-corrected chi connectivity index (χ1v) is 8.96. The van der Waals surface area contributed by atoms with Crippen molar-refractivity contribution in [2.75, 3.05) is 26.2 Å². The van der Waals surface area contributed by atoms with E-state index in [-0.39, 0.29) is 30.3 Å². The summed E-state index contributed by atoms with van der Waals surface area (Å²) in [7, 11) is 0. The van der Waals surface area contributed by atoms with E-state index in [1.807, 2.05) is 0 Å². The number of benzene rings is 1. The SMILES string of the molecule is CC(=O)NCC(=O)N1CCO[C@H](c2cccc(Cc3c(F)cccc3F)n2)C1. The highest BCUT2D eigenvalue weighted by Crippen LogP contribution is 2.22. The highest BCUT2D eigenvalue weighted by Gasteiger charge is 2.26. The number of nitrogens with zero attached hydrogens (tertiary/aromatic N) is 2. The molecule has 0 bridgehead atoms. The second-order valence-corrected chi connectivity index (χ2v) is 6.54. The number of amides is 2. The van der Waals surface area contributed by atoms with Gasteiger partial charge >= 0.3 is 0 Å². The molecule has 0 unspecified atom stereocenters. The summed E-state index contributed by atoms with van der Waals surface area (Å²) < 4.78 is 33.5.